The molecule has 0 saturated heterocycles. The third-order valence-corrected chi connectivity index (χ3v) is 5.56. The molecule has 2 aromatic rings. The van der Waals surface area contributed by atoms with Crippen molar-refractivity contribution in [1.29, 1.82) is 0 Å². The number of hydrogen-bond acceptors (Lipinski definition) is 0. The van der Waals surface area contributed by atoms with Gasteiger partial charge in [0.05, 0.1) is 5.41 Å². The van der Waals surface area contributed by atoms with Crippen molar-refractivity contribution in [2.24, 2.45) is 0 Å². The molecule has 0 atom stereocenters. The number of unbranched alkanes of at least 4 members (excludes halogenated alkanes) is 1. The number of allylic oxidation sites excluding steroid dienone is 8. The van der Waals surface area contributed by atoms with Crippen molar-refractivity contribution in [3.8, 4) is 11.1 Å². The number of rotatable bonds is 8. The predicted octanol–water partition coefficient (Wildman–Crippen LogP) is 11.0. The molecule has 0 bridgehead atoms. The molecule has 0 unspecified atom stereocenters. The van der Waals surface area contributed by atoms with E-state index in [9.17, 15) is 0 Å². The molecular formula is C34H48. The third kappa shape index (κ3) is 6.38. The summed E-state index contributed by atoms with van der Waals surface area (Å²) < 4.78 is 0. The SMILES string of the molecule is C=C/C(=C\C=C/CC)C1(/C(C=C)=C/CCC)c2ccccc2-c2ccccc21.CC.CC.CC. The minimum Gasteiger partial charge on any atom is -0.0987 e. The number of hydrogen-bond donors (Lipinski definition) is 0. The van der Waals surface area contributed by atoms with Gasteiger partial charge in [-0.05, 0) is 46.2 Å². The van der Waals surface area contributed by atoms with Crippen LogP contribution in [0.15, 0.2) is 109 Å². The standard InChI is InChI=1S/C28H30.3C2H6/c1-5-9-11-17-23(8-4)28(22(7-3)16-10-6-2)26-20-14-12-18-24(26)25-19-13-15-21-27(25)28;3*1-2/h7-9,11-21H,3-6,10H2,1-2H3;3*1-2H3/b11-9-,22-16+,23-17+;;;. The average Bonchev–Trinajstić information content (AvgIpc) is 3.22. The van der Waals surface area contributed by atoms with Crippen molar-refractivity contribution >= 4 is 0 Å². The maximum Gasteiger partial charge on any atom is 0.0710 e. The van der Waals surface area contributed by atoms with Gasteiger partial charge in [-0.2, -0.15) is 0 Å². The molecule has 34 heavy (non-hydrogen) atoms. The van der Waals surface area contributed by atoms with E-state index in [0.29, 0.717) is 0 Å². The summed E-state index contributed by atoms with van der Waals surface area (Å²) in [5.41, 5.74) is 7.29. The Kier molecular flexibility index (Phi) is 16.1. The first-order valence-corrected chi connectivity index (χ1v) is 13.3. The minimum atomic E-state index is -0.371. The van der Waals surface area contributed by atoms with Gasteiger partial charge in [-0.1, -0.05) is 160 Å². The van der Waals surface area contributed by atoms with E-state index >= 15 is 0 Å². The van der Waals surface area contributed by atoms with Crippen LogP contribution in [0.25, 0.3) is 11.1 Å². The zero-order chi connectivity index (χ0) is 26.0. The van der Waals surface area contributed by atoms with Crippen molar-refractivity contribution in [3.05, 3.63) is 120 Å². The van der Waals surface area contributed by atoms with Crippen LogP contribution in [0.4, 0.5) is 0 Å². The summed E-state index contributed by atoms with van der Waals surface area (Å²) in [7, 11) is 0. The lowest BCUT2D eigenvalue weighted by Gasteiger charge is -2.35. The zero-order valence-corrected chi connectivity index (χ0v) is 23.1. The highest BCUT2D eigenvalue weighted by molar-refractivity contribution is 5.87. The molecule has 0 nitrogen and oxygen atoms in total. The van der Waals surface area contributed by atoms with Crippen LogP contribution in [-0.2, 0) is 5.41 Å². The Morgan fingerprint density at radius 3 is 1.62 bits per heavy atom. The van der Waals surface area contributed by atoms with E-state index in [1.54, 1.807) is 0 Å². The van der Waals surface area contributed by atoms with Crippen molar-refractivity contribution in [3.63, 3.8) is 0 Å². The largest absolute Gasteiger partial charge is 0.0987 e. The second kappa shape index (κ2) is 17.6. The quantitative estimate of drug-likeness (QED) is 0.346. The molecule has 3 rings (SSSR count). The van der Waals surface area contributed by atoms with E-state index in [2.05, 4.69) is 99.8 Å². The molecule has 1 aliphatic carbocycles. The van der Waals surface area contributed by atoms with E-state index < -0.39 is 0 Å². The van der Waals surface area contributed by atoms with E-state index in [0.717, 1.165) is 19.3 Å². The average molecular weight is 457 g/mol. The van der Waals surface area contributed by atoms with E-state index in [1.165, 1.54) is 33.4 Å². The molecule has 0 heteroatoms. The topological polar surface area (TPSA) is 0 Å². The van der Waals surface area contributed by atoms with E-state index in [1.807, 2.05) is 53.7 Å². The van der Waals surface area contributed by atoms with Crippen LogP contribution >= 0.6 is 0 Å². The lowest BCUT2D eigenvalue weighted by molar-refractivity contribution is 0.756. The second-order valence-corrected chi connectivity index (χ2v) is 7.16. The molecular weight excluding hydrogens is 408 g/mol. The van der Waals surface area contributed by atoms with Crippen LogP contribution < -0.4 is 0 Å². The molecule has 0 aromatic heterocycles. The van der Waals surface area contributed by atoms with Gasteiger partial charge in [0, 0.05) is 0 Å². The second-order valence-electron chi connectivity index (χ2n) is 7.16. The summed E-state index contributed by atoms with van der Waals surface area (Å²) in [6.45, 7) is 24.8. The summed E-state index contributed by atoms with van der Waals surface area (Å²) in [5.74, 6) is 0. The van der Waals surface area contributed by atoms with Crippen molar-refractivity contribution < 1.29 is 0 Å². The Bertz CT molecular complexity index is 904. The molecule has 0 radical (unpaired) electrons. The summed E-state index contributed by atoms with van der Waals surface area (Å²) in [4.78, 5) is 0. The molecule has 1 aliphatic rings. The Labute approximate surface area is 211 Å². The minimum absolute atomic E-state index is 0.371. The van der Waals surface area contributed by atoms with Crippen LogP contribution in [0.5, 0.6) is 0 Å². The fraction of sp³-hybridized carbons (Fsp3) is 0.353. The fourth-order valence-electron chi connectivity index (χ4n) is 4.37. The maximum absolute atomic E-state index is 4.21. The monoisotopic (exact) mass is 456 g/mol. The van der Waals surface area contributed by atoms with Crippen LogP contribution in [0, 0.1) is 0 Å². The van der Waals surface area contributed by atoms with Gasteiger partial charge >= 0.3 is 0 Å². The molecule has 0 fully saturated rings. The van der Waals surface area contributed by atoms with Gasteiger partial charge in [-0.15, -0.1) is 0 Å². The van der Waals surface area contributed by atoms with Crippen LogP contribution in [-0.4, -0.2) is 0 Å². The Balaban J connectivity index is 0.00000168. The first-order valence-electron chi connectivity index (χ1n) is 13.3. The van der Waals surface area contributed by atoms with E-state index in [-0.39, 0.29) is 5.41 Å². The van der Waals surface area contributed by atoms with Crippen molar-refractivity contribution in [2.75, 3.05) is 0 Å². The van der Waals surface area contributed by atoms with Gasteiger partial charge in [-0.3, -0.25) is 0 Å². The van der Waals surface area contributed by atoms with Gasteiger partial charge in [0.15, 0.2) is 0 Å². The first-order chi connectivity index (χ1) is 16.7. The predicted molar refractivity (Wildman–Crippen MR) is 158 cm³/mol. The smallest absolute Gasteiger partial charge is 0.0710 e. The highest BCUT2D eigenvalue weighted by Crippen LogP contribution is 2.56. The molecule has 2 aromatic carbocycles. The third-order valence-electron chi connectivity index (χ3n) is 5.56. The van der Waals surface area contributed by atoms with Gasteiger partial charge in [0.1, 0.15) is 0 Å². The summed E-state index contributed by atoms with van der Waals surface area (Å²) in [6.07, 6.45) is 16.1. The summed E-state index contributed by atoms with van der Waals surface area (Å²) in [5, 5.41) is 0. The molecule has 0 spiro atoms. The van der Waals surface area contributed by atoms with Gasteiger partial charge in [-0.25, -0.2) is 0 Å². The summed E-state index contributed by atoms with van der Waals surface area (Å²) >= 11 is 0. The number of benzene rings is 2. The van der Waals surface area contributed by atoms with Gasteiger partial charge < -0.3 is 0 Å². The molecule has 0 N–H and O–H groups in total. The highest BCUT2D eigenvalue weighted by atomic mass is 14.5. The molecule has 0 aliphatic heterocycles. The zero-order valence-electron chi connectivity index (χ0n) is 23.1. The fourth-order valence-corrected chi connectivity index (χ4v) is 4.37. The highest BCUT2D eigenvalue weighted by Gasteiger charge is 2.46. The maximum atomic E-state index is 4.21. The normalized spacial score (nSPS) is 13.2. The summed E-state index contributed by atoms with van der Waals surface area (Å²) in [6, 6.07) is 17.5. The van der Waals surface area contributed by atoms with Crippen LogP contribution in [0.2, 0.25) is 0 Å². The number of fused-ring (bicyclic) bond motifs is 3. The lowest BCUT2D eigenvalue weighted by atomic mass is 9.66. The Morgan fingerprint density at radius 1 is 0.735 bits per heavy atom. The van der Waals surface area contributed by atoms with E-state index in [4.69, 9.17) is 0 Å². The van der Waals surface area contributed by atoms with Crippen molar-refractivity contribution in [1.82, 2.24) is 0 Å². The molecule has 0 amide bonds. The van der Waals surface area contributed by atoms with Gasteiger partial charge in [0.25, 0.3) is 0 Å². The molecule has 0 saturated carbocycles. The van der Waals surface area contributed by atoms with Crippen LogP contribution in [0.1, 0.15) is 85.8 Å². The van der Waals surface area contributed by atoms with Crippen LogP contribution in [0.3, 0.4) is 0 Å². The first kappa shape index (κ1) is 31.1. The van der Waals surface area contributed by atoms with Crippen molar-refractivity contribution in [2.45, 2.75) is 80.1 Å². The Hall–Kier alpha value is -2.86. The molecule has 0 heterocycles. The molecule has 184 valence electrons. The Morgan fingerprint density at radius 2 is 1.21 bits per heavy atom. The lowest BCUT2D eigenvalue weighted by Crippen LogP contribution is -2.29. The van der Waals surface area contributed by atoms with Gasteiger partial charge in [0.2, 0.25) is 0 Å².